The summed E-state index contributed by atoms with van der Waals surface area (Å²) in [5, 5.41) is 10.8. The van der Waals surface area contributed by atoms with Crippen molar-refractivity contribution in [3.05, 3.63) is 30.2 Å². The number of nitrogens with two attached hydrogens (primary N) is 1. The van der Waals surface area contributed by atoms with Crippen molar-refractivity contribution in [1.82, 2.24) is 19.9 Å². The number of hydrogen-bond donors (Lipinski definition) is 2. The van der Waals surface area contributed by atoms with Gasteiger partial charge < -0.3 is 11.1 Å². The number of carbonyl (C=O) groups is 1. The largest absolute Gasteiger partial charge is 0.347 e. The lowest BCUT2D eigenvalue weighted by Gasteiger charge is -2.14. The topological polar surface area (TPSA) is 85.3 Å². The molecule has 96 valence electrons. The van der Waals surface area contributed by atoms with Crippen LogP contribution in [0.4, 0.5) is 0 Å². The molecule has 0 radical (unpaired) electrons. The molecule has 2 heterocycles. The van der Waals surface area contributed by atoms with Crippen molar-refractivity contribution in [2.24, 2.45) is 11.7 Å². The molecule has 0 aliphatic heterocycles. The van der Waals surface area contributed by atoms with Crippen molar-refractivity contribution >= 4 is 11.6 Å². The molecule has 0 fully saturated rings. The Morgan fingerprint density at radius 3 is 2.94 bits per heavy atom. The van der Waals surface area contributed by atoms with E-state index in [1.54, 1.807) is 0 Å². The smallest absolute Gasteiger partial charge is 0.237 e. The third-order valence-electron chi connectivity index (χ3n) is 2.83. The zero-order valence-electron chi connectivity index (χ0n) is 10.5. The second-order valence-corrected chi connectivity index (χ2v) is 4.53. The van der Waals surface area contributed by atoms with Crippen LogP contribution in [0.5, 0.6) is 0 Å². The van der Waals surface area contributed by atoms with Crippen LogP contribution in [0.2, 0.25) is 0 Å². The van der Waals surface area contributed by atoms with Crippen molar-refractivity contribution < 1.29 is 4.79 Å². The van der Waals surface area contributed by atoms with Crippen LogP contribution in [0.1, 0.15) is 19.7 Å². The summed E-state index contributed by atoms with van der Waals surface area (Å²) in [6.07, 6.45) is 1.86. The second kappa shape index (κ2) is 5.14. The number of nitrogens with one attached hydrogen (secondary N) is 1. The Hall–Kier alpha value is -1.95. The number of amides is 1. The van der Waals surface area contributed by atoms with Crippen molar-refractivity contribution in [2.75, 3.05) is 0 Å². The highest BCUT2D eigenvalue weighted by Crippen LogP contribution is 2.03. The third-order valence-corrected chi connectivity index (χ3v) is 2.83. The molecule has 0 bridgehead atoms. The van der Waals surface area contributed by atoms with Gasteiger partial charge in [-0.3, -0.25) is 9.20 Å². The van der Waals surface area contributed by atoms with Crippen molar-refractivity contribution in [1.29, 1.82) is 0 Å². The summed E-state index contributed by atoms with van der Waals surface area (Å²) in [5.74, 6) is 0.632. The van der Waals surface area contributed by atoms with Gasteiger partial charge >= 0.3 is 0 Å². The molecular weight excluding hydrogens is 230 g/mol. The van der Waals surface area contributed by atoms with E-state index in [2.05, 4.69) is 15.5 Å². The second-order valence-electron chi connectivity index (χ2n) is 4.53. The summed E-state index contributed by atoms with van der Waals surface area (Å²) in [6.45, 7) is 4.15. The summed E-state index contributed by atoms with van der Waals surface area (Å²) in [4.78, 5) is 11.7. The zero-order valence-corrected chi connectivity index (χ0v) is 10.5. The quantitative estimate of drug-likeness (QED) is 0.815. The average molecular weight is 247 g/mol. The Morgan fingerprint density at radius 2 is 2.22 bits per heavy atom. The molecule has 0 aliphatic carbocycles. The van der Waals surface area contributed by atoms with E-state index in [-0.39, 0.29) is 11.8 Å². The lowest BCUT2D eigenvalue weighted by atomic mass is 10.1. The molecule has 0 saturated carbocycles. The molecule has 1 atom stereocenters. The number of aromatic nitrogens is 3. The average Bonchev–Trinajstić information content (AvgIpc) is 2.78. The summed E-state index contributed by atoms with van der Waals surface area (Å²) in [6, 6.07) is 5.14. The summed E-state index contributed by atoms with van der Waals surface area (Å²) >= 11 is 0. The van der Waals surface area contributed by atoms with E-state index in [1.807, 2.05) is 42.6 Å². The Bertz CT molecular complexity index is 548. The maximum Gasteiger partial charge on any atom is 0.237 e. The molecule has 0 saturated heterocycles. The predicted molar refractivity (Wildman–Crippen MR) is 67.6 cm³/mol. The van der Waals surface area contributed by atoms with Crippen LogP contribution in [0.3, 0.4) is 0 Å². The number of rotatable bonds is 4. The van der Waals surface area contributed by atoms with E-state index in [9.17, 15) is 4.79 Å². The molecule has 6 heteroatoms. The fourth-order valence-corrected chi connectivity index (χ4v) is 1.60. The van der Waals surface area contributed by atoms with Gasteiger partial charge in [0.1, 0.15) is 0 Å². The van der Waals surface area contributed by atoms with Gasteiger partial charge in [0.05, 0.1) is 12.6 Å². The van der Waals surface area contributed by atoms with E-state index in [4.69, 9.17) is 5.73 Å². The van der Waals surface area contributed by atoms with Gasteiger partial charge in [0.15, 0.2) is 11.5 Å². The summed E-state index contributed by atoms with van der Waals surface area (Å²) in [5.41, 5.74) is 6.52. The van der Waals surface area contributed by atoms with Gasteiger partial charge in [0.2, 0.25) is 5.91 Å². The number of nitrogens with zero attached hydrogens (tertiary/aromatic N) is 3. The zero-order chi connectivity index (χ0) is 13.1. The summed E-state index contributed by atoms with van der Waals surface area (Å²) < 4.78 is 1.83. The minimum Gasteiger partial charge on any atom is -0.347 e. The lowest BCUT2D eigenvalue weighted by molar-refractivity contribution is -0.123. The highest BCUT2D eigenvalue weighted by atomic mass is 16.2. The maximum atomic E-state index is 11.7. The van der Waals surface area contributed by atoms with Crippen molar-refractivity contribution in [3.63, 3.8) is 0 Å². The van der Waals surface area contributed by atoms with E-state index in [0.717, 1.165) is 5.65 Å². The lowest BCUT2D eigenvalue weighted by Crippen LogP contribution is -2.43. The fourth-order valence-electron chi connectivity index (χ4n) is 1.60. The molecular formula is C12H17N5O. The number of fused-ring (bicyclic) bond motifs is 1. The summed E-state index contributed by atoms with van der Waals surface area (Å²) in [7, 11) is 0. The van der Waals surface area contributed by atoms with Crippen LogP contribution in [0.15, 0.2) is 24.4 Å². The highest BCUT2D eigenvalue weighted by Gasteiger charge is 2.17. The third kappa shape index (κ3) is 2.48. The van der Waals surface area contributed by atoms with Crippen LogP contribution in [-0.4, -0.2) is 26.5 Å². The van der Waals surface area contributed by atoms with Gasteiger partial charge in [-0.1, -0.05) is 19.9 Å². The monoisotopic (exact) mass is 247 g/mol. The van der Waals surface area contributed by atoms with Gasteiger partial charge in [-0.05, 0) is 18.1 Å². The Kier molecular flexibility index (Phi) is 3.57. The molecule has 2 rings (SSSR count). The van der Waals surface area contributed by atoms with Gasteiger partial charge in [-0.2, -0.15) is 0 Å². The molecule has 2 aromatic rings. The van der Waals surface area contributed by atoms with Crippen molar-refractivity contribution in [3.8, 4) is 0 Å². The normalized spacial score (nSPS) is 12.9. The molecule has 3 N–H and O–H groups in total. The van der Waals surface area contributed by atoms with E-state index in [1.165, 1.54) is 0 Å². The first-order valence-corrected chi connectivity index (χ1v) is 5.91. The van der Waals surface area contributed by atoms with Gasteiger partial charge in [0, 0.05) is 6.20 Å². The standard InChI is InChI=1S/C12H17N5O/c1-8(2)11(13)12(18)14-7-10-16-15-9-5-3-4-6-17(9)10/h3-6,8,11H,7,13H2,1-2H3,(H,14,18)/t11-/m0/s1. The number of pyridine rings is 1. The molecule has 0 unspecified atom stereocenters. The van der Waals surface area contributed by atoms with Crippen LogP contribution in [0, 0.1) is 5.92 Å². The van der Waals surface area contributed by atoms with Crippen LogP contribution >= 0.6 is 0 Å². The molecule has 18 heavy (non-hydrogen) atoms. The first-order chi connectivity index (χ1) is 8.59. The van der Waals surface area contributed by atoms with Gasteiger partial charge in [-0.15, -0.1) is 10.2 Å². The van der Waals surface area contributed by atoms with E-state index >= 15 is 0 Å². The van der Waals surface area contributed by atoms with E-state index < -0.39 is 6.04 Å². The van der Waals surface area contributed by atoms with Crippen LogP contribution < -0.4 is 11.1 Å². The molecule has 1 amide bonds. The molecule has 0 spiro atoms. The molecule has 2 aromatic heterocycles. The first-order valence-electron chi connectivity index (χ1n) is 5.91. The number of hydrogen-bond acceptors (Lipinski definition) is 4. The Morgan fingerprint density at radius 1 is 1.44 bits per heavy atom. The Balaban J connectivity index is 2.04. The Labute approximate surface area is 105 Å². The minimum atomic E-state index is -0.496. The SMILES string of the molecule is CC(C)[C@H](N)C(=O)NCc1nnc2ccccn12. The molecule has 0 aromatic carbocycles. The maximum absolute atomic E-state index is 11.7. The molecule has 0 aliphatic rings. The van der Waals surface area contributed by atoms with Crippen LogP contribution in [-0.2, 0) is 11.3 Å². The van der Waals surface area contributed by atoms with E-state index in [0.29, 0.717) is 12.4 Å². The predicted octanol–water partition coefficient (Wildman–Crippen LogP) is 0.329. The highest BCUT2D eigenvalue weighted by molar-refractivity contribution is 5.81. The molecule has 6 nitrogen and oxygen atoms in total. The first kappa shape index (κ1) is 12.5. The number of carbonyl (C=O) groups excluding carboxylic acids is 1. The minimum absolute atomic E-state index is 0.111. The van der Waals surface area contributed by atoms with Crippen molar-refractivity contribution in [2.45, 2.75) is 26.4 Å². The van der Waals surface area contributed by atoms with Gasteiger partial charge in [0.25, 0.3) is 0 Å². The van der Waals surface area contributed by atoms with Crippen LogP contribution in [0.25, 0.3) is 5.65 Å². The van der Waals surface area contributed by atoms with Gasteiger partial charge in [-0.25, -0.2) is 0 Å². The fraction of sp³-hybridized carbons (Fsp3) is 0.417.